The third kappa shape index (κ3) is 4.50. The molecule has 1 amide bonds. The smallest absolute Gasteiger partial charge is 0.269 e. The van der Waals surface area contributed by atoms with Crippen LogP contribution < -0.4 is 10.6 Å². The fourth-order valence-electron chi connectivity index (χ4n) is 1.31. The number of rotatable bonds is 6. The monoisotopic (exact) mass is 237 g/mol. The first-order chi connectivity index (χ1) is 8.13. The second kappa shape index (κ2) is 6.47. The van der Waals surface area contributed by atoms with Crippen LogP contribution in [0, 0.1) is 10.1 Å². The van der Waals surface area contributed by atoms with Crippen molar-refractivity contribution in [3.05, 3.63) is 34.4 Å². The lowest BCUT2D eigenvalue weighted by Gasteiger charge is -2.05. The van der Waals surface area contributed by atoms with Gasteiger partial charge in [0.2, 0.25) is 5.91 Å². The zero-order chi connectivity index (χ0) is 12.7. The number of carbonyl (C=O) groups is 1. The number of hydrogen-bond donors (Lipinski definition) is 2. The molecule has 1 aromatic carbocycles. The van der Waals surface area contributed by atoms with Crippen molar-refractivity contribution in [2.75, 3.05) is 18.9 Å². The Hall–Kier alpha value is -2.11. The highest BCUT2D eigenvalue weighted by molar-refractivity contribution is 5.75. The molecular formula is C11H15N3O3. The molecule has 0 radical (unpaired) electrons. The van der Waals surface area contributed by atoms with Crippen LogP contribution in [0.4, 0.5) is 11.4 Å². The molecule has 17 heavy (non-hydrogen) atoms. The normalized spacial score (nSPS) is 9.71. The van der Waals surface area contributed by atoms with Crippen molar-refractivity contribution in [2.45, 2.75) is 12.8 Å². The van der Waals surface area contributed by atoms with Gasteiger partial charge in [0.05, 0.1) is 4.92 Å². The molecule has 1 aromatic rings. The lowest BCUT2D eigenvalue weighted by atomic mass is 10.2. The van der Waals surface area contributed by atoms with Crippen LogP contribution in [-0.2, 0) is 4.79 Å². The molecule has 0 heterocycles. The second-order valence-corrected chi connectivity index (χ2v) is 3.51. The minimum Gasteiger partial charge on any atom is -0.385 e. The van der Waals surface area contributed by atoms with E-state index >= 15 is 0 Å². The van der Waals surface area contributed by atoms with Crippen LogP contribution in [0.2, 0.25) is 0 Å². The van der Waals surface area contributed by atoms with Gasteiger partial charge in [0.1, 0.15) is 0 Å². The average molecular weight is 237 g/mol. The molecule has 0 aliphatic heterocycles. The van der Waals surface area contributed by atoms with Crippen LogP contribution in [0.25, 0.3) is 0 Å². The van der Waals surface area contributed by atoms with E-state index in [-0.39, 0.29) is 11.6 Å². The number of anilines is 1. The molecule has 6 nitrogen and oxygen atoms in total. The number of amides is 1. The van der Waals surface area contributed by atoms with E-state index in [1.54, 1.807) is 19.2 Å². The van der Waals surface area contributed by atoms with Gasteiger partial charge in [-0.2, -0.15) is 0 Å². The largest absolute Gasteiger partial charge is 0.385 e. The maximum absolute atomic E-state index is 10.9. The Kier molecular flexibility index (Phi) is 4.93. The van der Waals surface area contributed by atoms with Gasteiger partial charge in [0, 0.05) is 37.8 Å². The van der Waals surface area contributed by atoms with Crippen molar-refractivity contribution >= 4 is 17.3 Å². The van der Waals surface area contributed by atoms with Crippen molar-refractivity contribution in [1.29, 1.82) is 0 Å². The molecule has 0 bridgehead atoms. The summed E-state index contributed by atoms with van der Waals surface area (Å²) in [6.07, 6.45) is 1.19. The number of hydrogen-bond acceptors (Lipinski definition) is 4. The predicted octanol–water partition coefficient (Wildman–Crippen LogP) is 1.53. The summed E-state index contributed by atoms with van der Waals surface area (Å²) >= 11 is 0. The Morgan fingerprint density at radius 3 is 2.53 bits per heavy atom. The fraction of sp³-hybridized carbons (Fsp3) is 0.364. The Morgan fingerprint density at radius 2 is 2.00 bits per heavy atom. The molecule has 2 N–H and O–H groups in total. The Bertz CT molecular complexity index is 389. The maximum Gasteiger partial charge on any atom is 0.269 e. The quantitative estimate of drug-likeness (QED) is 0.446. The van der Waals surface area contributed by atoms with Gasteiger partial charge in [-0.25, -0.2) is 0 Å². The van der Waals surface area contributed by atoms with E-state index in [0.717, 1.165) is 12.1 Å². The summed E-state index contributed by atoms with van der Waals surface area (Å²) in [6, 6.07) is 6.19. The average Bonchev–Trinajstić information content (AvgIpc) is 2.34. The van der Waals surface area contributed by atoms with Gasteiger partial charge in [0.15, 0.2) is 0 Å². The van der Waals surface area contributed by atoms with Gasteiger partial charge in [-0.15, -0.1) is 0 Å². The van der Waals surface area contributed by atoms with Crippen LogP contribution in [0.15, 0.2) is 24.3 Å². The van der Waals surface area contributed by atoms with Crippen LogP contribution in [-0.4, -0.2) is 24.4 Å². The summed E-state index contributed by atoms with van der Waals surface area (Å²) in [6.45, 7) is 0.658. The summed E-state index contributed by atoms with van der Waals surface area (Å²) < 4.78 is 0. The molecule has 0 unspecified atom stereocenters. The molecule has 92 valence electrons. The van der Waals surface area contributed by atoms with Crippen molar-refractivity contribution in [2.24, 2.45) is 0 Å². The zero-order valence-electron chi connectivity index (χ0n) is 9.60. The number of carbonyl (C=O) groups excluding carboxylic acids is 1. The van der Waals surface area contributed by atoms with Gasteiger partial charge in [-0.1, -0.05) is 0 Å². The van der Waals surface area contributed by atoms with E-state index in [9.17, 15) is 14.9 Å². The van der Waals surface area contributed by atoms with Crippen molar-refractivity contribution in [3.63, 3.8) is 0 Å². The van der Waals surface area contributed by atoms with Crippen molar-refractivity contribution in [1.82, 2.24) is 5.32 Å². The summed E-state index contributed by atoms with van der Waals surface area (Å²) in [5.74, 6) is 0.00972. The number of benzene rings is 1. The van der Waals surface area contributed by atoms with E-state index in [1.165, 1.54) is 12.1 Å². The molecule has 0 spiro atoms. The van der Waals surface area contributed by atoms with Gasteiger partial charge >= 0.3 is 0 Å². The first-order valence-corrected chi connectivity index (χ1v) is 5.32. The van der Waals surface area contributed by atoms with Crippen LogP contribution in [0.5, 0.6) is 0 Å². The topological polar surface area (TPSA) is 84.3 Å². The molecule has 6 heteroatoms. The van der Waals surface area contributed by atoms with E-state index in [4.69, 9.17) is 0 Å². The lowest BCUT2D eigenvalue weighted by Crippen LogP contribution is -2.18. The lowest BCUT2D eigenvalue weighted by molar-refractivity contribution is -0.384. The van der Waals surface area contributed by atoms with E-state index in [1.807, 2.05) is 0 Å². The summed E-state index contributed by atoms with van der Waals surface area (Å²) in [4.78, 5) is 20.9. The molecule has 1 rings (SSSR count). The standard InChI is InChI=1S/C11H15N3O3/c1-12-11(15)3-2-8-13-9-4-6-10(7-5-9)14(16)17/h4-7,13H,2-3,8H2,1H3,(H,12,15). The number of nitrogens with one attached hydrogen (secondary N) is 2. The highest BCUT2D eigenvalue weighted by atomic mass is 16.6. The third-order valence-corrected chi connectivity index (χ3v) is 2.27. The van der Waals surface area contributed by atoms with Crippen LogP contribution in [0.1, 0.15) is 12.8 Å². The number of nitro benzene ring substituents is 1. The summed E-state index contributed by atoms with van der Waals surface area (Å²) in [5.41, 5.74) is 0.883. The Balaban J connectivity index is 2.32. The van der Waals surface area contributed by atoms with Gasteiger partial charge in [-0.05, 0) is 18.6 Å². The first kappa shape index (κ1) is 13.0. The van der Waals surface area contributed by atoms with E-state index < -0.39 is 4.92 Å². The van der Waals surface area contributed by atoms with E-state index in [0.29, 0.717) is 13.0 Å². The number of nitrogens with zero attached hydrogens (tertiary/aromatic N) is 1. The summed E-state index contributed by atoms with van der Waals surface area (Å²) in [7, 11) is 1.60. The second-order valence-electron chi connectivity index (χ2n) is 3.51. The van der Waals surface area contributed by atoms with Crippen molar-refractivity contribution in [3.8, 4) is 0 Å². The molecule has 0 saturated heterocycles. The first-order valence-electron chi connectivity index (χ1n) is 5.32. The Morgan fingerprint density at radius 1 is 1.35 bits per heavy atom. The predicted molar refractivity (Wildman–Crippen MR) is 64.9 cm³/mol. The van der Waals surface area contributed by atoms with E-state index in [2.05, 4.69) is 10.6 Å². The molecule has 0 aromatic heterocycles. The SMILES string of the molecule is CNC(=O)CCCNc1ccc([N+](=O)[O-])cc1. The fourth-order valence-corrected chi connectivity index (χ4v) is 1.31. The molecule has 0 atom stereocenters. The number of non-ortho nitro benzene ring substituents is 1. The minimum atomic E-state index is -0.435. The number of nitro groups is 1. The molecule has 0 aliphatic rings. The van der Waals surface area contributed by atoms with Gasteiger partial charge < -0.3 is 10.6 Å². The van der Waals surface area contributed by atoms with Crippen LogP contribution in [0.3, 0.4) is 0 Å². The highest BCUT2D eigenvalue weighted by Gasteiger charge is 2.03. The minimum absolute atomic E-state index is 0.00972. The maximum atomic E-state index is 10.9. The van der Waals surface area contributed by atoms with Gasteiger partial charge in [-0.3, -0.25) is 14.9 Å². The third-order valence-electron chi connectivity index (χ3n) is 2.27. The Labute approximate surface area is 99.2 Å². The summed E-state index contributed by atoms with van der Waals surface area (Å²) in [5, 5.41) is 16.1. The molecule has 0 fully saturated rings. The zero-order valence-corrected chi connectivity index (χ0v) is 9.60. The van der Waals surface area contributed by atoms with Gasteiger partial charge in [0.25, 0.3) is 5.69 Å². The highest BCUT2D eigenvalue weighted by Crippen LogP contribution is 2.15. The van der Waals surface area contributed by atoms with Crippen LogP contribution >= 0.6 is 0 Å². The molecule has 0 saturated carbocycles. The molecule has 0 aliphatic carbocycles. The van der Waals surface area contributed by atoms with Crippen molar-refractivity contribution < 1.29 is 9.72 Å². The molecular weight excluding hydrogens is 222 g/mol.